The monoisotopic (exact) mass is 480 g/mol. The van der Waals surface area contributed by atoms with Crippen LogP contribution < -0.4 is 0 Å². The van der Waals surface area contributed by atoms with Gasteiger partial charge in [-0.3, -0.25) is 0 Å². The molecule has 0 amide bonds. The van der Waals surface area contributed by atoms with Gasteiger partial charge < -0.3 is 0 Å². The summed E-state index contributed by atoms with van der Waals surface area (Å²) in [6.07, 6.45) is 11.5. The molecule has 3 aromatic carbocycles. The molecule has 4 rings (SSSR count). The zero-order chi connectivity index (χ0) is 23.9. The van der Waals surface area contributed by atoms with E-state index in [9.17, 15) is 8.78 Å². The molecular weight excluding hydrogens is 446 g/mol. The SMILES string of the molecule is CCCc1ccc(CCC2CCC(CCc3cc(F)c(-c4ccc(Cl)cc4)c(F)c3)CC2)cc1. The van der Waals surface area contributed by atoms with Crippen molar-refractivity contribution in [1.29, 1.82) is 0 Å². The second-order valence-corrected chi connectivity index (χ2v) is 10.4. The van der Waals surface area contributed by atoms with Gasteiger partial charge in [0.1, 0.15) is 11.6 Å². The molecule has 3 heteroatoms. The lowest BCUT2D eigenvalue weighted by molar-refractivity contribution is 0.253. The summed E-state index contributed by atoms with van der Waals surface area (Å²) < 4.78 is 29.5. The Kier molecular flexibility index (Phi) is 8.78. The van der Waals surface area contributed by atoms with Gasteiger partial charge in [0.15, 0.2) is 0 Å². The zero-order valence-corrected chi connectivity index (χ0v) is 20.9. The van der Waals surface area contributed by atoms with Crippen molar-refractivity contribution in [2.45, 2.75) is 71.1 Å². The normalized spacial score (nSPS) is 18.2. The number of rotatable bonds is 9. The van der Waals surface area contributed by atoms with Gasteiger partial charge in [0, 0.05) is 5.02 Å². The summed E-state index contributed by atoms with van der Waals surface area (Å²) in [4.78, 5) is 0. The second kappa shape index (κ2) is 12.0. The van der Waals surface area contributed by atoms with Gasteiger partial charge in [-0.1, -0.05) is 87.0 Å². The van der Waals surface area contributed by atoms with Crippen LogP contribution in [0.2, 0.25) is 5.02 Å². The van der Waals surface area contributed by atoms with Crippen LogP contribution in [0.4, 0.5) is 8.78 Å². The minimum atomic E-state index is -0.497. The van der Waals surface area contributed by atoms with E-state index in [0.717, 1.165) is 30.7 Å². The number of hydrogen-bond acceptors (Lipinski definition) is 0. The van der Waals surface area contributed by atoms with E-state index in [1.54, 1.807) is 24.3 Å². The Morgan fingerprint density at radius 2 is 1.15 bits per heavy atom. The van der Waals surface area contributed by atoms with Crippen molar-refractivity contribution in [3.63, 3.8) is 0 Å². The summed E-state index contributed by atoms with van der Waals surface area (Å²) >= 11 is 5.90. The van der Waals surface area contributed by atoms with E-state index in [4.69, 9.17) is 11.6 Å². The lowest BCUT2D eigenvalue weighted by Gasteiger charge is -2.28. The molecule has 3 aromatic rings. The Labute approximate surface area is 208 Å². The lowest BCUT2D eigenvalue weighted by Crippen LogP contribution is -2.16. The topological polar surface area (TPSA) is 0 Å². The van der Waals surface area contributed by atoms with Gasteiger partial charge in [-0.15, -0.1) is 0 Å². The van der Waals surface area contributed by atoms with Crippen molar-refractivity contribution < 1.29 is 8.78 Å². The lowest BCUT2D eigenvalue weighted by atomic mass is 9.77. The Hall–Kier alpha value is -2.19. The minimum Gasteiger partial charge on any atom is -0.206 e. The molecule has 0 atom stereocenters. The highest BCUT2D eigenvalue weighted by molar-refractivity contribution is 6.30. The average molecular weight is 481 g/mol. The van der Waals surface area contributed by atoms with Crippen LogP contribution in [0.1, 0.15) is 68.6 Å². The quantitative estimate of drug-likeness (QED) is 0.286. The van der Waals surface area contributed by atoms with Crippen molar-refractivity contribution in [2.24, 2.45) is 11.8 Å². The molecule has 0 unspecified atom stereocenters. The van der Waals surface area contributed by atoms with E-state index >= 15 is 0 Å². The smallest absolute Gasteiger partial charge is 0.134 e. The van der Waals surface area contributed by atoms with Crippen LogP contribution in [0.15, 0.2) is 60.7 Å². The molecule has 180 valence electrons. The molecule has 34 heavy (non-hydrogen) atoms. The van der Waals surface area contributed by atoms with Crippen LogP contribution in [0.3, 0.4) is 0 Å². The predicted molar refractivity (Wildman–Crippen MR) is 139 cm³/mol. The van der Waals surface area contributed by atoms with E-state index in [1.165, 1.54) is 68.2 Å². The van der Waals surface area contributed by atoms with Gasteiger partial charge in [-0.25, -0.2) is 8.78 Å². The third-order valence-corrected chi connectivity index (χ3v) is 7.70. The van der Waals surface area contributed by atoms with Gasteiger partial charge in [0.2, 0.25) is 0 Å². The van der Waals surface area contributed by atoms with E-state index in [2.05, 4.69) is 31.2 Å². The van der Waals surface area contributed by atoms with Gasteiger partial charge in [0.05, 0.1) is 5.56 Å². The van der Waals surface area contributed by atoms with Gasteiger partial charge >= 0.3 is 0 Å². The van der Waals surface area contributed by atoms with Crippen molar-refractivity contribution in [2.75, 3.05) is 0 Å². The van der Waals surface area contributed by atoms with Crippen LogP contribution in [0.5, 0.6) is 0 Å². The van der Waals surface area contributed by atoms with Crippen molar-refractivity contribution in [3.05, 3.63) is 94.0 Å². The van der Waals surface area contributed by atoms with Gasteiger partial charge in [-0.2, -0.15) is 0 Å². The Bertz CT molecular complexity index is 1020. The fourth-order valence-corrected chi connectivity index (χ4v) is 5.50. The average Bonchev–Trinajstić information content (AvgIpc) is 2.84. The molecular formula is C31H35ClF2. The first-order valence-corrected chi connectivity index (χ1v) is 13.2. The third-order valence-electron chi connectivity index (χ3n) is 7.45. The summed E-state index contributed by atoms with van der Waals surface area (Å²) in [5, 5.41) is 0.553. The standard InChI is InChI=1S/C31H35ClF2/c1-2-3-22-4-6-23(7-5-22)8-9-24-10-12-25(13-11-24)14-15-26-20-29(33)31(30(34)21-26)27-16-18-28(32)19-17-27/h4-7,16-21,24-25H,2-3,8-15H2,1H3. The van der Waals surface area contributed by atoms with Crippen LogP contribution in [0, 0.1) is 23.5 Å². The molecule has 1 saturated carbocycles. The number of halogens is 3. The maximum atomic E-state index is 14.7. The highest BCUT2D eigenvalue weighted by atomic mass is 35.5. The van der Waals surface area contributed by atoms with E-state index < -0.39 is 11.6 Å². The minimum absolute atomic E-state index is 0.0286. The van der Waals surface area contributed by atoms with Crippen LogP contribution in [0.25, 0.3) is 11.1 Å². The maximum absolute atomic E-state index is 14.7. The summed E-state index contributed by atoms with van der Waals surface area (Å²) in [5.74, 6) is 0.472. The van der Waals surface area contributed by atoms with E-state index in [0.29, 0.717) is 16.5 Å². The van der Waals surface area contributed by atoms with E-state index in [1.807, 2.05) is 0 Å². The van der Waals surface area contributed by atoms with Crippen LogP contribution in [-0.4, -0.2) is 0 Å². The number of aryl methyl sites for hydroxylation is 3. The fraction of sp³-hybridized carbons (Fsp3) is 0.419. The van der Waals surface area contributed by atoms with E-state index in [-0.39, 0.29) is 5.56 Å². The molecule has 0 nitrogen and oxygen atoms in total. The molecule has 0 radical (unpaired) electrons. The Balaban J connectivity index is 1.23. The van der Waals surface area contributed by atoms with Crippen molar-refractivity contribution in [1.82, 2.24) is 0 Å². The van der Waals surface area contributed by atoms with Gasteiger partial charge in [0.25, 0.3) is 0 Å². The summed E-state index contributed by atoms with van der Waals surface area (Å²) in [6.45, 7) is 2.22. The summed E-state index contributed by atoms with van der Waals surface area (Å²) in [7, 11) is 0. The maximum Gasteiger partial charge on any atom is 0.134 e. The molecule has 0 aliphatic heterocycles. The first kappa shape index (κ1) is 24.9. The Morgan fingerprint density at radius 3 is 1.65 bits per heavy atom. The molecule has 0 N–H and O–H groups in total. The highest BCUT2D eigenvalue weighted by Gasteiger charge is 2.21. The molecule has 1 aliphatic carbocycles. The van der Waals surface area contributed by atoms with Crippen LogP contribution in [-0.2, 0) is 19.3 Å². The van der Waals surface area contributed by atoms with Crippen molar-refractivity contribution >= 4 is 11.6 Å². The fourth-order valence-electron chi connectivity index (χ4n) is 5.37. The summed E-state index contributed by atoms with van der Waals surface area (Å²) in [6, 6.07) is 18.8. The molecule has 0 spiro atoms. The predicted octanol–water partition coefficient (Wildman–Crippen LogP) is 9.61. The molecule has 1 fully saturated rings. The van der Waals surface area contributed by atoms with Crippen molar-refractivity contribution in [3.8, 4) is 11.1 Å². The Morgan fingerprint density at radius 1 is 0.676 bits per heavy atom. The molecule has 0 heterocycles. The third kappa shape index (κ3) is 6.69. The molecule has 0 saturated heterocycles. The highest BCUT2D eigenvalue weighted by Crippen LogP contribution is 2.35. The molecule has 0 aromatic heterocycles. The molecule has 1 aliphatic rings. The first-order valence-electron chi connectivity index (χ1n) is 12.8. The molecule has 0 bridgehead atoms. The van der Waals surface area contributed by atoms with Gasteiger partial charge in [-0.05, 0) is 90.5 Å². The number of hydrogen-bond donors (Lipinski definition) is 0. The second-order valence-electron chi connectivity index (χ2n) is 9.97. The van der Waals surface area contributed by atoms with Crippen LogP contribution >= 0.6 is 11.6 Å². The first-order chi connectivity index (χ1) is 16.5. The number of benzene rings is 3. The largest absolute Gasteiger partial charge is 0.206 e. The summed E-state index contributed by atoms with van der Waals surface area (Å²) in [5.41, 5.74) is 4.18. The zero-order valence-electron chi connectivity index (χ0n) is 20.1.